The zero-order chi connectivity index (χ0) is 23.4. The Morgan fingerprint density at radius 3 is 2.44 bits per heavy atom. The molecule has 1 aromatic heterocycles. The van der Waals surface area contributed by atoms with Crippen LogP contribution in [0.3, 0.4) is 0 Å². The third kappa shape index (κ3) is 6.55. The van der Waals surface area contributed by atoms with Gasteiger partial charge in [-0.25, -0.2) is 13.1 Å². The molecule has 1 amide bonds. The highest BCUT2D eigenvalue weighted by atomic mass is 32.2. The maximum absolute atomic E-state index is 12.8. The van der Waals surface area contributed by atoms with E-state index in [2.05, 4.69) is 9.46 Å². The molecular formula is C21H19F3N2O4S2. The second-order valence-corrected chi connectivity index (χ2v) is 9.58. The average Bonchev–Trinajstić information content (AvgIpc) is 3.26. The number of ether oxygens (including phenoxy) is 1. The van der Waals surface area contributed by atoms with Crippen LogP contribution in [0.1, 0.15) is 20.8 Å². The number of sulfonamides is 1. The van der Waals surface area contributed by atoms with Crippen molar-refractivity contribution in [3.05, 3.63) is 82.0 Å². The lowest BCUT2D eigenvalue weighted by Crippen LogP contribution is -2.27. The van der Waals surface area contributed by atoms with Crippen LogP contribution in [0.15, 0.2) is 70.9 Å². The monoisotopic (exact) mass is 484 g/mol. The van der Waals surface area contributed by atoms with Crippen molar-refractivity contribution in [2.24, 2.45) is 0 Å². The van der Waals surface area contributed by atoms with E-state index in [1.807, 2.05) is 17.5 Å². The molecule has 0 aliphatic rings. The predicted molar refractivity (Wildman–Crippen MR) is 114 cm³/mol. The van der Waals surface area contributed by atoms with Gasteiger partial charge in [0.25, 0.3) is 5.91 Å². The predicted octanol–water partition coefficient (Wildman–Crippen LogP) is 4.40. The molecule has 0 aliphatic heterocycles. The summed E-state index contributed by atoms with van der Waals surface area (Å²) in [4.78, 5) is 14.9. The van der Waals surface area contributed by atoms with Crippen molar-refractivity contribution >= 4 is 27.3 Å². The Labute approximate surface area is 187 Å². The molecule has 1 N–H and O–H groups in total. The summed E-state index contributed by atoms with van der Waals surface area (Å²) in [6.07, 6.45) is -4.78. The van der Waals surface area contributed by atoms with Crippen LogP contribution >= 0.6 is 11.3 Å². The normalized spacial score (nSPS) is 11.9. The number of nitrogens with one attached hydrogen (secondary N) is 1. The molecule has 11 heteroatoms. The molecule has 3 aromatic rings. The fourth-order valence-electron chi connectivity index (χ4n) is 2.82. The van der Waals surface area contributed by atoms with Gasteiger partial charge in [-0.1, -0.05) is 24.3 Å². The van der Waals surface area contributed by atoms with Crippen LogP contribution in [-0.4, -0.2) is 32.6 Å². The second kappa shape index (κ2) is 9.72. The van der Waals surface area contributed by atoms with Crippen molar-refractivity contribution in [1.29, 1.82) is 0 Å². The van der Waals surface area contributed by atoms with E-state index in [0.29, 0.717) is 5.56 Å². The summed E-state index contributed by atoms with van der Waals surface area (Å²) < 4.78 is 68.2. The number of carbonyl (C=O) groups is 1. The van der Waals surface area contributed by atoms with Crippen LogP contribution in [0.5, 0.6) is 5.75 Å². The van der Waals surface area contributed by atoms with E-state index in [-0.39, 0.29) is 29.3 Å². The molecule has 3 rings (SSSR count). The highest BCUT2D eigenvalue weighted by Crippen LogP contribution is 2.23. The molecule has 0 radical (unpaired) electrons. The first-order valence-electron chi connectivity index (χ1n) is 9.26. The van der Waals surface area contributed by atoms with E-state index in [1.165, 1.54) is 59.7 Å². The van der Waals surface area contributed by atoms with Gasteiger partial charge in [0.2, 0.25) is 10.0 Å². The molecule has 0 unspecified atom stereocenters. The Bertz CT molecular complexity index is 1160. The molecule has 0 saturated heterocycles. The molecule has 32 heavy (non-hydrogen) atoms. The Morgan fingerprint density at radius 2 is 1.81 bits per heavy atom. The first-order chi connectivity index (χ1) is 15.0. The Kier molecular flexibility index (Phi) is 7.22. The Hall–Kier alpha value is -2.89. The smallest absolute Gasteiger partial charge is 0.406 e. The molecule has 0 aliphatic carbocycles. The van der Waals surface area contributed by atoms with Gasteiger partial charge in [-0.15, -0.1) is 24.5 Å². The summed E-state index contributed by atoms with van der Waals surface area (Å²) in [6, 6.07) is 14.4. The third-order valence-electron chi connectivity index (χ3n) is 4.33. The number of carbonyl (C=O) groups excluding carboxylic acids is 1. The van der Waals surface area contributed by atoms with E-state index < -0.39 is 22.3 Å². The number of amides is 1. The molecule has 170 valence electrons. The Morgan fingerprint density at radius 1 is 1.09 bits per heavy atom. The maximum atomic E-state index is 12.8. The van der Waals surface area contributed by atoms with Crippen LogP contribution in [0.4, 0.5) is 13.2 Å². The molecule has 6 nitrogen and oxygen atoms in total. The zero-order valence-corrected chi connectivity index (χ0v) is 18.4. The minimum absolute atomic E-state index is 0.0399. The summed E-state index contributed by atoms with van der Waals surface area (Å²) in [6.45, 7) is 0.255. The van der Waals surface area contributed by atoms with Crippen molar-refractivity contribution in [3.63, 3.8) is 0 Å². The molecule has 2 aromatic carbocycles. The van der Waals surface area contributed by atoms with Crippen molar-refractivity contribution < 1.29 is 31.1 Å². The third-order valence-corrected chi connectivity index (χ3v) is 6.61. The van der Waals surface area contributed by atoms with Gasteiger partial charge in [0.05, 0.1) is 4.90 Å². The number of hydrogen-bond acceptors (Lipinski definition) is 5. The summed E-state index contributed by atoms with van der Waals surface area (Å²) in [5.74, 6) is -0.792. The number of thiophene rings is 1. The van der Waals surface area contributed by atoms with Gasteiger partial charge in [-0.2, -0.15) is 0 Å². The largest absolute Gasteiger partial charge is 0.573 e. The molecule has 0 fully saturated rings. The van der Waals surface area contributed by atoms with Gasteiger partial charge >= 0.3 is 6.36 Å². The van der Waals surface area contributed by atoms with E-state index in [0.717, 1.165) is 17.0 Å². The molecule has 0 bridgehead atoms. The number of alkyl halides is 3. The van der Waals surface area contributed by atoms with Crippen LogP contribution < -0.4 is 9.46 Å². The number of rotatable bonds is 8. The highest BCUT2D eigenvalue weighted by molar-refractivity contribution is 7.89. The first-order valence-corrected chi connectivity index (χ1v) is 11.6. The number of benzene rings is 2. The summed E-state index contributed by atoms with van der Waals surface area (Å²) in [5, 5.41) is 1.84. The minimum atomic E-state index is -4.78. The second-order valence-electron chi connectivity index (χ2n) is 6.78. The van der Waals surface area contributed by atoms with Crippen LogP contribution in [0, 0.1) is 0 Å². The number of halogens is 3. The molecular weight excluding hydrogens is 465 g/mol. The first kappa shape index (κ1) is 23.8. The van der Waals surface area contributed by atoms with E-state index in [1.54, 1.807) is 0 Å². The average molecular weight is 485 g/mol. The van der Waals surface area contributed by atoms with E-state index >= 15 is 0 Å². The zero-order valence-electron chi connectivity index (χ0n) is 16.8. The highest BCUT2D eigenvalue weighted by Gasteiger charge is 2.31. The van der Waals surface area contributed by atoms with E-state index in [4.69, 9.17) is 0 Å². The lowest BCUT2D eigenvalue weighted by Gasteiger charge is -2.18. The topological polar surface area (TPSA) is 75.7 Å². The van der Waals surface area contributed by atoms with Crippen molar-refractivity contribution in [2.75, 3.05) is 7.05 Å². The summed E-state index contributed by atoms with van der Waals surface area (Å²) in [7, 11) is -2.30. The lowest BCUT2D eigenvalue weighted by molar-refractivity contribution is -0.274. The van der Waals surface area contributed by atoms with Crippen molar-refractivity contribution in [3.8, 4) is 5.75 Å². The van der Waals surface area contributed by atoms with Crippen LogP contribution in [0.25, 0.3) is 0 Å². The Balaban J connectivity index is 1.66. The number of nitrogens with zero attached hydrogens (tertiary/aromatic N) is 1. The number of hydrogen-bond donors (Lipinski definition) is 1. The molecule has 0 saturated carbocycles. The van der Waals surface area contributed by atoms with Gasteiger partial charge in [0.15, 0.2) is 0 Å². The SMILES string of the molecule is CN(Cc1ccc(OC(F)(F)F)cc1)C(=O)c1cccc(S(=O)(=O)NCc2cccs2)c1. The van der Waals surface area contributed by atoms with Gasteiger partial charge in [-0.05, 0) is 47.3 Å². The molecule has 0 atom stereocenters. The van der Waals surface area contributed by atoms with Gasteiger partial charge in [-0.3, -0.25) is 4.79 Å². The van der Waals surface area contributed by atoms with Crippen LogP contribution in [-0.2, 0) is 23.1 Å². The quantitative estimate of drug-likeness (QED) is 0.514. The maximum Gasteiger partial charge on any atom is 0.573 e. The van der Waals surface area contributed by atoms with Crippen molar-refractivity contribution in [2.45, 2.75) is 24.3 Å². The fourth-order valence-corrected chi connectivity index (χ4v) is 4.61. The standard InChI is InChI=1S/C21H19F3N2O4S2/c1-26(14-15-7-9-17(10-8-15)30-21(22,23)24)20(27)16-4-2-6-19(12-16)32(28,29)25-13-18-5-3-11-31-18/h2-12,25H,13-14H2,1H3. The molecule has 0 spiro atoms. The molecule has 1 heterocycles. The minimum Gasteiger partial charge on any atom is -0.406 e. The summed E-state index contributed by atoms with van der Waals surface area (Å²) in [5.41, 5.74) is 0.750. The van der Waals surface area contributed by atoms with Crippen molar-refractivity contribution in [1.82, 2.24) is 9.62 Å². The van der Waals surface area contributed by atoms with Gasteiger partial charge in [0.1, 0.15) is 5.75 Å². The van der Waals surface area contributed by atoms with E-state index in [9.17, 15) is 26.4 Å². The summed E-state index contributed by atoms with van der Waals surface area (Å²) >= 11 is 1.42. The fraction of sp³-hybridized carbons (Fsp3) is 0.190. The van der Waals surface area contributed by atoms with Gasteiger partial charge < -0.3 is 9.64 Å². The van der Waals surface area contributed by atoms with Crippen LogP contribution in [0.2, 0.25) is 0 Å². The van der Waals surface area contributed by atoms with Gasteiger partial charge in [0, 0.05) is 30.6 Å². The lowest BCUT2D eigenvalue weighted by atomic mass is 10.1.